The van der Waals surface area contributed by atoms with E-state index < -0.39 is 0 Å². The average molecular weight is 420 g/mol. The van der Waals surface area contributed by atoms with Gasteiger partial charge in [-0.2, -0.15) is 0 Å². The van der Waals surface area contributed by atoms with Crippen LogP contribution in [0.15, 0.2) is 59.6 Å². The Hall–Kier alpha value is -3.12. The molecule has 3 aromatic rings. The first-order valence-electron chi connectivity index (χ1n) is 9.68. The zero-order valence-electron chi connectivity index (χ0n) is 17.6. The molecular weight excluding hydrogens is 394 g/mol. The Kier molecular flexibility index (Phi) is 6.90. The quantitative estimate of drug-likeness (QED) is 0.532. The van der Waals surface area contributed by atoms with Crippen LogP contribution in [0.25, 0.3) is 0 Å². The third kappa shape index (κ3) is 5.48. The fraction of sp³-hybridized carbons (Fsp3) is 0.208. The third-order valence-electron chi connectivity index (χ3n) is 4.61. The zero-order chi connectivity index (χ0) is 21.7. The molecule has 1 aromatic heterocycles. The number of thioether (sulfide) groups is 1. The molecule has 154 valence electrons. The Bertz CT molecular complexity index is 1080. The van der Waals surface area contributed by atoms with Crippen molar-refractivity contribution in [1.29, 1.82) is 0 Å². The van der Waals surface area contributed by atoms with Gasteiger partial charge in [0.25, 0.3) is 5.91 Å². The van der Waals surface area contributed by atoms with E-state index in [2.05, 4.69) is 15.6 Å². The van der Waals surface area contributed by atoms with Crippen LogP contribution in [0, 0.1) is 27.7 Å². The topological polar surface area (TPSA) is 71.1 Å². The minimum absolute atomic E-state index is 0.143. The number of pyridine rings is 1. The van der Waals surface area contributed by atoms with Crippen molar-refractivity contribution in [2.75, 3.05) is 16.4 Å². The van der Waals surface area contributed by atoms with Gasteiger partial charge in [-0.15, -0.1) is 0 Å². The number of aryl methyl sites for hydroxylation is 4. The number of nitrogens with zero attached hydrogens (tertiary/aromatic N) is 1. The highest BCUT2D eigenvalue weighted by Crippen LogP contribution is 2.26. The van der Waals surface area contributed by atoms with E-state index >= 15 is 0 Å². The number of hydrogen-bond donors (Lipinski definition) is 2. The normalized spacial score (nSPS) is 10.5. The number of carbonyl (C=O) groups excluding carboxylic acids is 2. The van der Waals surface area contributed by atoms with E-state index in [1.807, 2.05) is 82.3 Å². The molecule has 0 aliphatic heterocycles. The summed E-state index contributed by atoms with van der Waals surface area (Å²) in [6.07, 6.45) is 0. The molecule has 2 amide bonds. The van der Waals surface area contributed by atoms with Gasteiger partial charge in [0.15, 0.2) is 0 Å². The molecule has 0 fully saturated rings. The lowest BCUT2D eigenvalue weighted by Gasteiger charge is -2.14. The Balaban J connectivity index is 1.75. The Labute approximate surface area is 181 Å². The van der Waals surface area contributed by atoms with Crippen LogP contribution < -0.4 is 10.6 Å². The highest BCUT2D eigenvalue weighted by Gasteiger charge is 2.19. The maximum atomic E-state index is 13.0. The maximum absolute atomic E-state index is 13.0. The number of benzene rings is 2. The number of anilines is 2. The summed E-state index contributed by atoms with van der Waals surface area (Å²) in [7, 11) is 0. The molecule has 2 N–H and O–H groups in total. The first-order chi connectivity index (χ1) is 14.3. The largest absolute Gasteiger partial charge is 0.325 e. The van der Waals surface area contributed by atoms with Gasteiger partial charge >= 0.3 is 0 Å². The molecule has 0 spiro atoms. The molecular formula is C24H25N3O2S. The number of nitrogens with one attached hydrogen (secondary N) is 2. The van der Waals surface area contributed by atoms with E-state index in [0.29, 0.717) is 10.6 Å². The van der Waals surface area contributed by atoms with Crippen molar-refractivity contribution in [3.05, 3.63) is 82.5 Å². The highest BCUT2D eigenvalue weighted by atomic mass is 32.2. The van der Waals surface area contributed by atoms with Crippen molar-refractivity contribution < 1.29 is 9.59 Å². The van der Waals surface area contributed by atoms with Gasteiger partial charge < -0.3 is 10.6 Å². The van der Waals surface area contributed by atoms with Crippen molar-refractivity contribution in [1.82, 2.24) is 4.98 Å². The molecule has 3 rings (SSSR count). The van der Waals surface area contributed by atoms with Gasteiger partial charge in [-0.3, -0.25) is 9.59 Å². The van der Waals surface area contributed by atoms with E-state index in [1.54, 1.807) is 0 Å². The van der Waals surface area contributed by atoms with E-state index in [-0.39, 0.29) is 17.6 Å². The van der Waals surface area contributed by atoms with Crippen molar-refractivity contribution in [2.24, 2.45) is 0 Å². The van der Waals surface area contributed by atoms with Gasteiger partial charge in [0, 0.05) is 17.1 Å². The molecule has 30 heavy (non-hydrogen) atoms. The Morgan fingerprint density at radius 3 is 2.30 bits per heavy atom. The van der Waals surface area contributed by atoms with Crippen LogP contribution in [0.4, 0.5) is 11.4 Å². The van der Waals surface area contributed by atoms with E-state index in [4.69, 9.17) is 0 Å². The lowest BCUT2D eigenvalue weighted by molar-refractivity contribution is -0.113. The summed E-state index contributed by atoms with van der Waals surface area (Å²) in [6, 6.07) is 17.1. The molecule has 0 saturated carbocycles. The van der Waals surface area contributed by atoms with Gasteiger partial charge in [0.2, 0.25) is 5.91 Å². The summed E-state index contributed by atoms with van der Waals surface area (Å²) < 4.78 is 0. The molecule has 0 aliphatic rings. The molecule has 0 atom stereocenters. The van der Waals surface area contributed by atoms with Gasteiger partial charge in [-0.1, -0.05) is 47.7 Å². The Morgan fingerprint density at radius 1 is 0.900 bits per heavy atom. The van der Waals surface area contributed by atoms with Crippen LogP contribution in [-0.2, 0) is 4.79 Å². The predicted molar refractivity (Wildman–Crippen MR) is 123 cm³/mol. The molecule has 2 aromatic carbocycles. The van der Waals surface area contributed by atoms with Crippen molar-refractivity contribution >= 4 is 35.0 Å². The average Bonchev–Trinajstić information content (AvgIpc) is 2.69. The fourth-order valence-electron chi connectivity index (χ4n) is 3.05. The van der Waals surface area contributed by atoms with E-state index in [1.165, 1.54) is 11.8 Å². The van der Waals surface area contributed by atoms with E-state index in [0.717, 1.165) is 33.8 Å². The van der Waals surface area contributed by atoms with Gasteiger partial charge in [-0.25, -0.2) is 4.98 Å². The number of para-hydroxylation sites is 1. The summed E-state index contributed by atoms with van der Waals surface area (Å²) >= 11 is 1.26. The Morgan fingerprint density at radius 2 is 1.60 bits per heavy atom. The van der Waals surface area contributed by atoms with Crippen LogP contribution in [0.2, 0.25) is 0 Å². The lowest BCUT2D eigenvalue weighted by Crippen LogP contribution is -2.18. The smallest absolute Gasteiger partial charge is 0.258 e. The first kappa shape index (κ1) is 21.6. The highest BCUT2D eigenvalue weighted by molar-refractivity contribution is 8.00. The molecule has 0 aliphatic carbocycles. The van der Waals surface area contributed by atoms with E-state index in [9.17, 15) is 9.59 Å². The van der Waals surface area contributed by atoms with Crippen molar-refractivity contribution in [3.8, 4) is 0 Å². The van der Waals surface area contributed by atoms with Gasteiger partial charge in [-0.05, 0) is 63.1 Å². The van der Waals surface area contributed by atoms with Crippen LogP contribution >= 0.6 is 11.8 Å². The number of rotatable bonds is 6. The zero-order valence-corrected chi connectivity index (χ0v) is 18.4. The minimum atomic E-state index is -0.226. The number of carbonyl (C=O) groups is 2. The second-order valence-electron chi connectivity index (χ2n) is 7.23. The number of hydrogen-bond acceptors (Lipinski definition) is 4. The molecule has 6 heteroatoms. The van der Waals surface area contributed by atoms with Gasteiger partial charge in [0.05, 0.1) is 11.3 Å². The van der Waals surface area contributed by atoms with Crippen molar-refractivity contribution in [3.63, 3.8) is 0 Å². The summed E-state index contributed by atoms with van der Waals surface area (Å²) in [5.74, 6) is -0.208. The monoisotopic (exact) mass is 419 g/mol. The predicted octanol–water partition coefficient (Wildman–Crippen LogP) is 5.30. The van der Waals surface area contributed by atoms with Crippen LogP contribution in [-0.4, -0.2) is 22.6 Å². The summed E-state index contributed by atoms with van der Waals surface area (Å²) in [5.41, 5.74) is 5.75. The van der Waals surface area contributed by atoms with Crippen LogP contribution in [0.1, 0.15) is 32.7 Å². The van der Waals surface area contributed by atoms with Crippen LogP contribution in [0.3, 0.4) is 0 Å². The minimum Gasteiger partial charge on any atom is -0.325 e. The molecule has 0 unspecified atom stereocenters. The first-order valence-corrected chi connectivity index (χ1v) is 10.7. The van der Waals surface area contributed by atoms with Gasteiger partial charge in [0.1, 0.15) is 5.03 Å². The maximum Gasteiger partial charge on any atom is 0.258 e. The second kappa shape index (κ2) is 9.59. The SMILES string of the molecule is Cc1ccc(NC(=O)CSc2nc(C)cc(C)c2C(=O)Nc2ccccc2C)cc1. The number of aromatic nitrogens is 1. The molecule has 0 saturated heterocycles. The molecule has 1 heterocycles. The summed E-state index contributed by atoms with van der Waals surface area (Å²) in [6.45, 7) is 7.71. The molecule has 0 bridgehead atoms. The van der Waals surface area contributed by atoms with Crippen molar-refractivity contribution in [2.45, 2.75) is 32.7 Å². The van der Waals surface area contributed by atoms with Crippen LogP contribution in [0.5, 0.6) is 0 Å². The molecule has 5 nitrogen and oxygen atoms in total. The summed E-state index contributed by atoms with van der Waals surface area (Å²) in [4.78, 5) is 30.0. The standard InChI is InChI=1S/C24H25N3O2S/c1-15-9-11-19(12-10-15)26-21(28)14-30-24-22(17(3)13-18(4)25-24)23(29)27-20-8-6-5-7-16(20)2/h5-13H,14H2,1-4H3,(H,26,28)(H,27,29). The fourth-order valence-corrected chi connectivity index (χ4v) is 4.00. The second-order valence-corrected chi connectivity index (χ2v) is 8.20. The number of amides is 2. The molecule has 0 radical (unpaired) electrons. The lowest BCUT2D eigenvalue weighted by atomic mass is 10.1. The summed E-state index contributed by atoms with van der Waals surface area (Å²) in [5, 5.41) is 6.40. The third-order valence-corrected chi connectivity index (χ3v) is 5.58.